The molecule has 1 aliphatic rings. The van der Waals surface area contributed by atoms with Crippen LogP contribution in [0.25, 0.3) is 10.4 Å². The highest BCUT2D eigenvalue weighted by Gasteiger charge is 2.27. The summed E-state index contributed by atoms with van der Waals surface area (Å²) in [6.07, 6.45) is 10.0. The Morgan fingerprint density at radius 2 is 1.87 bits per heavy atom. The largest absolute Gasteiger partial charge is 0.335 e. The lowest BCUT2D eigenvalue weighted by molar-refractivity contribution is 0.249. The highest BCUT2D eigenvalue weighted by Crippen LogP contribution is 2.39. The third-order valence-corrected chi connectivity index (χ3v) is 9.32. The number of benzene rings is 1. The number of rotatable bonds is 8. The van der Waals surface area contributed by atoms with Crippen LogP contribution in [0, 0.1) is 0 Å². The van der Waals surface area contributed by atoms with Crippen molar-refractivity contribution in [2.45, 2.75) is 88.6 Å². The zero-order valence-corrected chi connectivity index (χ0v) is 24.1. The Balaban J connectivity index is 1.57. The zero-order chi connectivity index (χ0) is 27.3. The lowest BCUT2D eigenvalue weighted by Crippen LogP contribution is -2.40. The Labute approximate surface area is 229 Å². The molecule has 2 heterocycles. The predicted octanol–water partition coefficient (Wildman–Crippen LogP) is 6.08. The predicted molar refractivity (Wildman–Crippen MR) is 153 cm³/mol. The monoisotopic (exact) mass is 555 g/mol. The minimum absolute atomic E-state index is 0.116. The molecule has 1 fully saturated rings. The molecule has 0 radical (unpaired) electrons. The van der Waals surface area contributed by atoms with Crippen molar-refractivity contribution < 1.29 is 13.2 Å². The lowest BCUT2D eigenvalue weighted by atomic mass is 9.90. The Morgan fingerprint density at radius 3 is 2.55 bits per heavy atom. The summed E-state index contributed by atoms with van der Waals surface area (Å²) >= 11 is 1.56. The second kappa shape index (κ2) is 11.9. The van der Waals surface area contributed by atoms with Gasteiger partial charge in [0.05, 0.1) is 14.8 Å². The van der Waals surface area contributed by atoms with Crippen LogP contribution in [-0.4, -0.2) is 36.0 Å². The quantitative estimate of drug-likeness (QED) is 0.312. The van der Waals surface area contributed by atoms with Gasteiger partial charge in [0, 0.05) is 53.3 Å². The molecule has 1 atom stereocenters. The number of amides is 2. The van der Waals surface area contributed by atoms with Gasteiger partial charge in [0.15, 0.2) is 0 Å². The molecule has 2 aromatic heterocycles. The minimum Gasteiger partial charge on any atom is -0.335 e. The first-order chi connectivity index (χ1) is 18.0. The van der Waals surface area contributed by atoms with Gasteiger partial charge in [-0.2, -0.15) is 0 Å². The maximum Gasteiger partial charge on any atom is 0.319 e. The maximum absolute atomic E-state index is 13.5. The van der Waals surface area contributed by atoms with E-state index in [1.807, 2.05) is 25.1 Å². The molecule has 4 rings (SSSR count). The van der Waals surface area contributed by atoms with Crippen molar-refractivity contribution in [2.24, 2.45) is 0 Å². The highest BCUT2D eigenvalue weighted by molar-refractivity contribution is 7.89. The number of hydrogen-bond acceptors (Lipinski definition) is 6. The van der Waals surface area contributed by atoms with Crippen LogP contribution < -0.4 is 15.4 Å². The Hall–Kier alpha value is -2.82. The van der Waals surface area contributed by atoms with Gasteiger partial charge in [-0.05, 0) is 64.8 Å². The van der Waals surface area contributed by atoms with Crippen LogP contribution >= 0.6 is 11.3 Å². The molecule has 8 nitrogen and oxygen atoms in total. The molecule has 10 heteroatoms. The number of pyridine rings is 1. The number of urea groups is 1. The smallest absolute Gasteiger partial charge is 0.319 e. The van der Waals surface area contributed by atoms with Gasteiger partial charge in [-0.15, -0.1) is 11.3 Å². The van der Waals surface area contributed by atoms with Crippen molar-refractivity contribution in [3.8, 4) is 10.4 Å². The van der Waals surface area contributed by atoms with Crippen molar-refractivity contribution in [1.29, 1.82) is 0 Å². The first-order valence-electron chi connectivity index (χ1n) is 13.1. The van der Waals surface area contributed by atoms with Gasteiger partial charge in [-0.25, -0.2) is 22.9 Å². The van der Waals surface area contributed by atoms with E-state index in [2.05, 4.69) is 25.3 Å². The van der Waals surface area contributed by atoms with E-state index in [1.54, 1.807) is 56.6 Å². The number of thiazole rings is 1. The third kappa shape index (κ3) is 7.61. The Morgan fingerprint density at radius 1 is 1.11 bits per heavy atom. The van der Waals surface area contributed by atoms with Gasteiger partial charge in [-0.1, -0.05) is 31.4 Å². The summed E-state index contributed by atoms with van der Waals surface area (Å²) in [6, 6.07) is 10.1. The van der Waals surface area contributed by atoms with Crippen molar-refractivity contribution in [2.75, 3.05) is 5.32 Å². The SMILES string of the molecule is C[C@H](Cc1ccccn1)NC(=O)Nc1ccc(-c2cnc(C3CCCCC3)s2)c(S(=O)(=O)NC(C)(C)C)c1. The summed E-state index contributed by atoms with van der Waals surface area (Å²) < 4.78 is 29.8. The molecule has 0 bridgehead atoms. The van der Waals surface area contributed by atoms with E-state index in [-0.39, 0.29) is 10.9 Å². The molecule has 1 aromatic carbocycles. The fourth-order valence-electron chi connectivity index (χ4n) is 4.71. The first-order valence-corrected chi connectivity index (χ1v) is 15.4. The van der Waals surface area contributed by atoms with Gasteiger partial charge >= 0.3 is 6.03 Å². The van der Waals surface area contributed by atoms with E-state index in [0.717, 1.165) is 28.4 Å². The number of sulfonamides is 1. The molecular formula is C28H37N5O3S2. The number of carbonyl (C=O) groups excluding carboxylic acids is 1. The molecule has 3 N–H and O–H groups in total. The number of nitrogens with one attached hydrogen (secondary N) is 3. The highest BCUT2D eigenvalue weighted by atomic mass is 32.2. The van der Waals surface area contributed by atoms with E-state index in [4.69, 9.17) is 0 Å². The van der Waals surface area contributed by atoms with Crippen molar-refractivity contribution in [3.63, 3.8) is 0 Å². The van der Waals surface area contributed by atoms with Gasteiger partial charge in [0.2, 0.25) is 10.0 Å². The van der Waals surface area contributed by atoms with Crippen LogP contribution in [0.3, 0.4) is 0 Å². The van der Waals surface area contributed by atoms with Crippen LogP contribution in [0.15, 0.2) is 53.7 Å². The Kier molecular flexibility index (Phi) is 8.85. The summed E-state index contributed by atoms with van der Waals surface area (Å²) in [4.78, 5) is 22.6. The number of nitrogens with zero attached hydrogens (tertiary/aromatic N) is 2. The van der Waals surface area contributed by atoms with E-state index >= 15 is 0 Å². The van der Waals surface area contributed by atoms with Crippen LogP contribution in [0.1, 0.15) is 76.4 Å². The average molecular weight is 556 g/mol. The summed E-state index contributed by atoms with van der Waals surface area (Å²) in [5.74, 6) is 0.438. The summed E-state index contributed by atoms with van der Waals surface area (Å²) in [7, 11) is -3.89. The van der Waals surface area contributed by atoms with E-state index in [9.17, 15) is 13.2 Å². The molecular weight excluding hydrogens is 518 g/mol. The lowest BCUT2D eigenvalue weighted by Gasteiger charge is -2.22. The van der Waals surface area contributed by atoms with Crippen molar-refractivity contribution in [3.05, 3.63) is 59.5 Å². The van der Waals surface area contributed by atoms with Crippen molar-refractivity contribution in [1.82, 2.24) is 20.0 Å². The van der Waals surface area contributed by atoms with Gasteiger partial charge < -0.3 is 10.6 Å². The Bertz CT molecular complexity index is 1340. The summed E-state index contributed by atoms with van der Waals surface area (Å²) in [6.45, 7) is 7.30. The molecule has 1 saturated carbocycles. The number of hydrogen-bond donors (Lipinski definition) is 3. The summed E-state index contributed by atoms with van der Waals surface area (Å²) in [5.41, 5.74) is 1.18. The van der Waals surface area contributed by atoms with Crippen LogP contribution in [0.2, 0.25) is 0 Å². The van der Waals surface area contributed by atoms with E-state index < -0.39 is 21.6 Å². The van der Waals surface area contributed by atoms with Crippen LogP contribution in [0.5, 0.6) is 0 Å². The number of carbonyl (C=O) groups is 1. The average Bonchev–Trinajstić information content (AvgIpc) is 3.34. The van der Waals surface area contributed by atoms with Gasteiger partial charge in [0.25, 0.3) is 0 Å². The molecule has 204 valence electrons. The standard InChI is InChI=1S/C28H37N5O3S2/c1-19(16-21-12-8-9-15-29-21)31-27(34)32-22-13-14-23(25(17-22)38(35,36)33-28(2,3)4)24-18-30-26(37-24)20-10-6-5-7-11-20/h8-9,12-15,17-20,33H,5-7,10-11,16H2,1-4H3,(H2,31,32,34)/t19-/m1/s1. The van der Waals surface area contributed by atoms with E-state index in [1.165, 1.54) is 25.3 Å². The first kappa shape index (κ1) is 28.2. The normalized spacial score (nSPS) is 15.7. The number of aromatic nitrogens is 2. The molecule has 0 aliphatic heterocycles. The van der Waals surface area contributed by atoms with E-state index in [0.29, 0.717) is 23.6 Å². The fraction of sp³-hybridized carbons (Fsp3) is 0.464. The van der Waals surface area contributed by atoms with Crippen LogP contribution in [-0.2, 0) is 16.4 Å². The van der Waals surface area contributed by atoms with Crippen LogP contribution in [0.4, 0.5) is 10.5 Å². The zero-order valence-electron chi connectivity index (χ0n) is 22.5. The molecule has 0 unspecified atom stereocenters. The van der Waals surface area contributed by atoms with Gasteiger partial charge in [-0.3, -0.25) is 4.98 Å². The summed E-state index contributed by atoms with van der Waals surface area (Å²) in [5, 5.41) is 6.76. The minimum atomic E-state index is -3.89. The fourth-order valence-corrected chi connectivity index (χ4v) is 7.57. The molecule has 0 saturated heterocycles. The molecule has 1 aliphatic carbocycles. The van der Waals surface area contributed by atoms with Crippen molar-refractivity contribution >= 4 is 33.1 Å². The topological polar surface area (TPSA) is 113 Å². The maximum atomic E-state index is 13.5. The second-order valence-electron chi connectivity index (χ2n) is 11.0. The third-order valence-electron chi connectivity index (χ3n) is 6.33. The van der Waals surface area contributed by atoms with Gasteiger partial charge in [0.1, 0.15) is 0 Å². The second-order valence-corrected chi connectivity index (χ2v) is 13.7. The number of anilines is 1. The molecule has 38 heavy (non-hydrogen) atoms. The molecule has 2 amide bonds. The molecule has 3 aromatic rings. The molecule has 0 spiro atoms.